The standard InChI is InChI=1S/C13H17N5/c14-12-16-13(15)18(17-12)11-8-4-6-9-5-2-1-3-7-10(9)11/h4,6,8H,1-3,5,7H2,(H4,14,15,16,17). The summed E-state index contributed by atoms with van der Waals surface area (Å²) in [5, 5.41) is 4.18. The van der Waals surface area contributed by atoms with Crippen LogP contribution >= 0.6 is 0 Å². The number of rotatable bonds is 1. The van der Waals surface area contributed by atoms with Gasteiger partial charge in [0.15, 0.2) is 0 Å². The van der Waals surface area contributed by atoms with Crippen LogP contribution < -0.4 is 11.5 Å². The number of aromatic nitrogens is 3. The van der Waals surface area contributed by atoms with E-state index in [0.29, 0.717) is 5.95 Å². The van der Waals surface area contributed by atoms with Crippen LogP contribution in [-0.4, -0.2) is 14.8 Å². The topological polar surface area (TPSA) is 82.7 Å². The zero-order valence-electron chi connectivity index (χ0n) is 10.3. The van der Waals surface area contributed by atoms with Crippen molar-refractivity contribution < 1.29 is 0 Å². The van der Waals surface area contributed by atoms with Gasteiger partial charge in [0, 0.05) is 0 Å². The van der Waals surface area contributed by atoms with Crippen molar-refractivity contribution in [3.63, 3.8) is 0 Å². The number of benzene rings is 1. The molecule has 2 aromatic rings. The second-order valence-electron chi connectivity index (χ2n) is 4.72. The Hall–Kier alpha value is -2.04. The Bertz CT molecular complexity index is 573. The van der Waals surface area contributed by atoms with Gasteiger partial charge in [-0.15, -0.1) is 5.10 Å². The SMILES string of the molecule is Nc1nc(N)n(-c2cccc3c2CCCCC3)n1. The predicted molar refractivity (Wildman–Crippen MR) is 71.4 cm³/mol. The van der Waals surface area contributed by atoms with Gasteiger partial charge in [-0.05, 0) is 42.9 Å². The molecule has 1 heterocycles. The fourth-order valence-corrected chi connectivity index (χ4v) is 2.65. The molecule has 0 aliphatic heterocycles. The highest BCUT2D eigenvalue weighted by atomic mass is 15.4. The molecular formula is C13H17N5. The number of nitrogen functional groups attached to an aromatic ring is 2. The van der Waals surface area contributed by atoms with Crippen LogP contribution in [-0.2, 0) is 12.8 Å². The maximum absolute atomic E-state index is 5.85. The van der Waals surface area contributed by atoms with Crippen LogP contribution in [0.25, 0.3) is 5.69 Å². The van der Waals surface area contributed by atoms with Gasteiger partial charge in [-0.1, -0.05) is 18.6 Å². The Morgan fingerprint density at radius 1 is 1.06 bits per heavy atom. The molecule has 0 atom stereocenters. The van der Waals surface area contributed by atoms with Crippen molar-refractivity contribution >= 4 is 11.9 Å². The monoisotopic (exact) mass is 243 g/mol. The Balaban J connectivity index is 2.15. The highest BCUT2D eigenvalue weighted by Crippen LogP contribution is 2.27. The summed E-state index contributed by atoms with van der Waals surface area (Å²) in [6, 6.07) is 6.28. The van der Waals surface area contributed by atoms with E-state index in [9.17, 15) is 0 Å². The lowest BCUT2D eigenvalue weighted by atomic mass is 10.0. The summed E-state index contributed by atoms with van der Waals surface area (Å²) in [6.07, 6.45) is 5.96. The number of nitrogens with two attached hydrogens (primary N) is 2. The third kappa shape index (κ3) is 1.81. The van der Waals surface area contributed by atoms with Crippen molar-refractivity contribution in [1.82, 2.24) is 14.8 Å². The first-order valence-electron chi connectivity index (χ1n) is 6.35. The van der Waals surface area contributed by atoms with Crippen LogP contribution in [0.2, 0.25) is 0 Å². The van der Waals surface area contributed by atoms with Crippen LogP contribution in [0.4, 0.5) is 11.9 Å². The highest BCUT2D eigenvalue weighted by Gasteiger charge is 2.15. The van der Waals surface area contributed by atoms with Gasteiger partial charge < -0.3 is 11.5 Å². The van der Waals surface area contributed by atoms with E-state index >= 15 is 0 Å². The van der Waals surface area contributed by atoms with Gasteiger partial charge in [0.2, 0.25) is 11.9 Å². The lowest BCUT2D eigenvalue weighted by Gasteiger charge is -2.12. The summed E-state index contributed by atoms with van der Waals surface area (Å²) in [5.41, 5.74) is 15.2. The summed E-state index contributed by atoms with van der Waals surface area (Å²) in [7, 11) is 0. The molecule has 0 fully saturated rings. The number of hydrogen-bond donors (Lipinski definition) is 2. The molecule has 0 unspecified atom stereocenters. The molecule has 5 nitrogen and oxygen atoms in total. The van der Waals surface area contributed by atoms with Crippen LogP contribution in [0.15, 0.2) is 18.2 Å². The lowest BCUT2D eigenvalue weighted by molar-refractivity contribution is 0.710. The molecule has 1 aliphatic carbocycles. The van der Waals surface area contributed by atoms with Crippen molar-refractivity contribution in [2.24, 2.45) is 0 Å². The van der Waals surface area contributed by atoms with Crippen molar-refractivity contribution in [2.45, 2.75) is 32.1 Å². The molecule has 0 amide bonds. The summed E-state index contributed by atoms with van der Waals surface area (Å²) in [5.74, 6) is 0.573. The molecular weight excluding hydrogens is 226 g/mol. The van der Waals surface area contributed by atoms with Crippen LogP contribution in [0.1, 0.15) is 30.4 Å². The molecule has 3 rings (SSSR count). The Morgan fingerprint density at radius 3 is 2.67 bits per heavy atom. The van der Waals surface area contributed by atoms with Crippen molar-refractivity contribution in [2.75, 3.05) is 11.5 Å². The third-order valence-electron chi connectivity index (χ3n) is 3.50. The molecule has 0 radical (unpaired) electrons. The number of hydrogen-bond acceptors (Lipinski definition) is 4. The molecule has 94 valence electrons. The molecule has 1 aromatic heterocycles. The highest BCUT2D eigenvalue weighted by molar-refractivity contribution is 5.50. The van der Waals surface area contributed by atoms with Crippen LogP contribution in [0.3, 0.4) is 0 Å². The van der Waals surface area contributed by atoms with E-state index in [4.69, 9.17) is 11.5 Å². The van der Waals surface area contributed by atoms with Gasteiger partial charge >= 0.3 is 0 Å². The van der Waals surface area contributed by atoms with E-state index in [0.717, 1.165) is 18.5 Å². The van der Waals surface area contributed by atoms with Crippen LogP contribution in [0, 0.1) is 0 Å². The minimum absolute atomic E-state index is 0.221. The molecule has 5 heteroatoms. The maximum Gasteiger partial charge on any atom is 0.241 e. The van der Waals surface area contributed by atoms with Gasteiger partial charge in [0.25, 0.3) is 0 Å². The average molecular weight is 243 g/mol. The number of fused-ring (bicyclic) bond motifs is 1. The molecule has 18 heavy (non-hydrogen) atoms. The maximum atomic E-state index is 5.85. The molecule has 4 N–H and O–H groups in total. The van der Waals surface area contributed by atoms with Gasteiger partial charge in [-0.2, -0.15) is 9.67 Å². The van der Waals surface area contributed by atoms with Crippen molar-refractivity contribution in [3.05, 3.63) is 29.3 Å². The first-order valence-corrected chi connectivity index (χ1v) is 6.35. The zero-order valence-corrected chi connectivity index (χ0v) is 10.3. The van der Waals surface area contributed by atoms with Crippen molar-refractivity contribution in [1.29, 1.82) is 0 Å². The molecule has 0 saturated carbocycles. The van der Waals surface area contributed by atoms with E-state index in [1.807, 2.05) is 6.07 Å². The van der Waals surface area contributed by atoms with E-state index in [1.165, 1.54) is 30.4 Å². The van der Waals surface area contributed by atoms with Crippen LogP contribution in [0.5, 0.6) is 0 Å². The van der Waals surface area contributed by atoms with E-state index < -0.39 is 0 Å². The van der Waals surface area contributed by atoms with E-state index in [-0.39, 0.29) is 5.95 Å². The molecule has 0 saturated heterocycles. The van der Waals surface area contributed by atoms with Gasteiger partial charge in [0.05, 0.1) is 5.69 Å². The predicted octanol–water partition coefficient (Wildman–Crippen LogP) is 1.70. The molecule has 0 bridgehead atoms. The summed E-state index contributed by atoms with van der Waals surface area (Å²) in [6.45, 7) is 0. The fourth-order valence-electron chi connectivity index (χ4n) is 2.65. The molecule has 1 aromatic carbocycles. The normalized spacial score (nSPS) is 15.1. The first kappa shape index (κ1) is 11.1. The first-order chi connectivity index (χ1) is 8.75. The average Bonchev–Trinajstić information content (AvgIpc) is 2.58. The smallest absolute Gasteiger partial charge is 0.241 e. The van der Waals surface area contributed by atoms with Crippen molar-refractivity contribution in [3.8, 4) is 5.69 Å². The lowest BCUT2D eigenvalue weighted by Crippen LogP contribution is -2.07. The zero-order chi connectivity index (χ0) is 12.5. The van der Waals surface area contributed by atoms with Gasteiger partial charge in [0.1, 0.15) is 0 Å². The Morgan fingerprint density at radius 2 is 1.89 bits per heavy atom. The molecule has 1 aliphatic rings. The fraction of sp³-hybridized carbons (Fsp3) is 0.385. The quantitative estimate of drug-likeness (QED) is 0.747. The minimum atomic E-state index is 0.221. The van der Waals surface area contributed by atoms with Gasteiger partial charge in [-0.25, -0.2) is 0 Å². The minimum Gasteiger partial charge on any atom is -0.368 e. The summed E-state index contributed by atoms with van der Waals surface area (Å²) in [4.78, 5) is 3.97. The number of aryl methyl sites for hydroxylation is 1. The number of anilines is 2. The summed E-state index contributed by atoms with van der Waals surface area (Å²) < 4.78 is 1.65. The van der Waals surface area contributed by atoms with Gasteiger partial charge in [-0.3, -0.25) is 0 Å². The van der Waals surface area contributed by atoms with E-state index in [1.54, 1.807) is 4.68 Å². The Kier molecular flexibility index (Phi) is 2.66. The molecule has 0 spiro atoms. The van der Waals surface area contributed by atoms with E-state index in [2.05, 4.69) is 22.2 Å². The number of nitrogens with zero attached hydrogens (tertiary/aromatic N) is 3. The second kappa shape index (κ2) is 4.33. The summed E-state index contributed by atoms with van der Waals surface area (Å²) >= 11 is 0. The third-order valence-corrected chi connectivity index (χ3v) is 3.50. The largest absolute Gasteiger partial charge is 0.368 e. The second-order valence-corrected chi connectivity index (χ2v) is 4.72. The Labute approximate surface area is 106 Å².